The number of hydrogen-bond donors (Lipinski definition) is 0. The summed E-state index contributed by atoms with van der Waals surface area (Å²) in [5, 5.41) is 0. The number of carbonyl (C=O) groups is 3. The number of esters is 3. The van der Waals surface area contributed by atoms with Gasteiger partial charge in [-0.15, -0.1) is 0 Å². The standard InChI is InChI=1S/C76H142O6/c1-4-7-10-13-16-19-22-25-27-29-31-32-33-34-35-36-37-38-39-40-41-42-43-44-45-47-48-51-54-57-60-63-66-69-75(78)81-72-73(71-80-74(77)68-65-62-59-56-53-50-24-21-18-15-12-9-6-3)82-76(79)70-67-64-61-58-55-52-49-46-30-28-26-23-20-17-14-11-8-5-2/h20,23,28-31,73H,4-19,21-22,24-27,32-72H2,1-3H3/b23-20-,30-28-,31-29-. The van der Waals surface area contributed by atoms with E-state index in [0.717, 1.165) is 70.6 Å². The Morgan fingerprint density at radius 2 is 0.439 bits per heavy atom. The molecule has 82 heavy (non-hydrogen) atoms. The molecule has 0 spiro atoms. The van der Waals surface area contributed by atoms with Crippen LogP contribution in [0.2, 0.25) is 0 Å². The van der Waals surface area contributed by atoms with E-state index in [0.29, 0.717) is 19.3 Å². The molecule has 1 atom stereocenters. The summed E-state index contributed by atoms with van der Waals surface area (Å²) in [6.07, 6.45) is 89.1. The maximum absolute atomic E-state index is 12.9. The van der Waals surface area contributed by atoms with Gasteiger partial charge in [0.2, 0.25) is 0 Å². The van der Waals surface area contributed by atoms with Gasteiger partial charge >= 0.3 is 17.9 Å². The summed E-state index contributed by atoms with van der Waals surface area (Å²) in [5.74, 6) is -0.848. The van der Waals surface area contributed by atoms with E-state index in [1.54, 1.807) is 0 Å². The van der Waals surface area contributed by atoms with Crippen molar-refractivity contribution in [3.8, 4) is 0 Å². The van der Waals surface area contributed by atoms with Crippen LogP contribution in [0.1, 0.15) is 412 Å². The Morgan fingerprint density at radius 3 is 0.695 bits per heavy atom. The second-order valence-corrected chi connectivity index (χ2v) is 25.2. The Bertz CT molecular complexity index is 1370. The van der Waals surface area contributed by atoms with Gasteiger partial charge in [-0.25, -0.2) is 0 Å². The molecule has 0 bridgehead atoms. The van der Waals surface area contributed by atoms with Crippen molar-refractivity contribution in [1.29, 1.82) is 0 Å². The van der Waals surface area contributed by atoms with Crippen molar-refractivity contribution < 1.29 is 28.6 Å². The molecule has 0 aliphatic heterocycles. The molecule has 6 nitrogen and oxygen atoms in total. The summed E-state index contributed by atoms with van der Waals surface area (Å²) in [4.78, 5) is 38.4. The van der Waals surface area contributed by atoms with Crippen LogP contribution in [0.5, 0.6) is 0 Å². The van der Waals surface area contributed by atoms with Crippen molar-refractivity contribution in [2.24, 2.45) is 0 Å². The van der Waals surface area contributed by atoms with Crippen LogP contribution in [0.3, 0.4) is 0 Å². The van der Waals surface area contributed by atoms with Crippen molar-refractivity contribution in [3.05, 3.63) is 36.5 Å². The van der Waals surface area contributed by atoms with Gasteiger partial charge in [-0.1, -0.05) is 353 Å². The van der Waals surface area contributed by atoms with Gasteiger partial charge in [0.05, 0.1) is 0 Å². The smallest absolute Gasteiger partial charge is 0.306 e. The van der Waals surface area contributed by atoms with Crippen molar-refractivity contribution in [3.63, 3.8) is 0 Å². The zero-order valence-electron chi connectivity index (χ0n) is 55.5. The van der Waals surface area contributed by atoms with Crippen molar-refractivity contribution >= 4 is 17.9 Å². The van der Waals surface area contributed by atoms with Crippen LogP contribution in [-0.4, -0.2) is 37.2 Å². The number of rotatable bonds is 69. The lowest BCUT2D eigenvalue weighted by Gasteiger charge is -2.18. The first kappa shape index (κ1) is 79.6. The highest BCUT2D eigenvalue weighted by Gasteiger charge is 2.19. The average Bonchev–Trinajstić information content (AvgIpc) is 3.47. The normalized spacial score (nSPS) is 12.2. The SMILES string of the molecule is CCCCCC/C=C\C/C=C\CCCCCCCCCC(=O)OC(COC(=O)CCCCCCCCCCCCCCC)COC(=O)CCCCCCCCCCCCCCCCCCCCCCC/C=C\CCCCCCCCCC. The van der Waals surface area contributed by atoms with Crippen LogP contribution >= 0.6 is 0 Å². The lowest BCUT2D eigenvalue weighted by Crippen LogP contribution is -2.30. The fourth-order valence-corrected chi connectivity index (χ4v) is 11.3. The van der Waals surface area contributed by atoms with Gasteiger partial charge in [0.1, 0.15) is 13.2 Å². The van der Waals surface area contributed by atoms with Gasteiger partial charge in [0, 0.05) is 19.3 Å². The van der Waals surface area contributed by atoms with E-state index in [1.165, 1.54) is 302 Å². The third kappa shape index (κ3) is 68.4. The topological polar surface area (TPSA) is 78.9 Å². The predicted molar refractivity (Wildman–Crippen MR) is 358 cm³/mol. The molecule has 0 heterocycles. The lowest BCUT2D eigenvalue weighted by atomic mass is 10.0. The minimum Gasteiger partial charge on any atom is -0.462 e. The molecule has 0 rings (SSSR count). The molecule has 0 aromatic carbocycles. The molecule has 0 radical (unpaired) electrons. The number of unbranched alkanes of at least 4 members (excludes halogenated alkanes) is 52. The van der Waals surface area contributed by atoms with E-state index in [-0.39, 0.29) is 31.1 Å². The molecule has 0 aromatic heterocycles. The monoisotopic (exact) mass is 1150 g/mol. The molecule has 0 aliphatic rings. The first-order chi connectivity index (χ1) is 40.5. The second-order valence-electron chi connectivity index (χ2n) is 25.2. The van der Waals surface area contributed by atoms with E-state index in [4.69, 9.17) is 14.2 Å². The van der Waals surface area contributed by atoms with Gasteiger partial charge in [0.15, 0.2) is 6.10 Å². The summed E-state index contributed by atoms with van der Waals surface area (Å²) in [5.41, 5.74) is 0. The van der Waals surface area contributed by atoms with Crippen molar-refractivity contribution in [2.45, 2.75) is 419 Å². The summed E-state index contributed by atoms with van der Waals surface area (Å²) in [6.45, 7) is 6.69. The molecule has 482 valence electrons. The quantitative estimate of drug-likeness (QED) is 0.0261. The largest absolute Gasteiger partial charge is 0.462 e. The highest BCUT2D eigenvalue weighted by molar-refractivity contribution is 5.71. The Kier molecular flexibility index (Phi) is 69.1. The van der Waals surface area contributed by atoms with E-state index in [2.05, 4.69) is 57.2 Å². The molecule has 0 N–H and O–H groups in total. The molecule has 6 heteroatoms. The third-order valence-corrected chi connectivity index (χ3v) is 16.9. The Balaban J connectivity index is 4.11. The highest BCUT2D eigenvalue weighted by Crippen LogP contribution is 2.19. The van der Waals surface area contributed by atoms with Crippen LogP contribution < -0.4 is 0 Å². The molecular weight excluding hydrogens is 1010 g/mol. The highest BCUT2D eigenvalue weighted by atomic mass is 16.6. The van der Waals surface area contributed by atoms with Gasteiger partial charge in [-0.05, 0) is 77.0 Å². The molecule has 0 saturated carbocycles. The van der Waals surface area contributed by atoms with Gasteiger partial charge in [-0.3, -0.25) is 14.4 Å². The summed E-state index contributed by atoms with van der Waals surface area (Å²) in [7, 11) is 0. The van der Waals surface area contributed by atoms with E-state index < -0.39 is 6.10 Å². The molecule has 0 amide bonds. The first-order valence-corrected chi connectivity index (χ1v) is 37.0. The molecule has 1 unspecified atom stereocenters. The average molecular weight is 1150 g/mol. The maximum Gasteiger partial charge on any atom is 0.306 e. The van der Waals surface area contributed by atoms with E-state index >= 15 is 0 Å². The van der Waals surface area contributed by atoms with Crippen LogP contribution in [0.15, 0.2) is 36.5 Å². The molecule has 0 aliphatic carbocycles. The summed E-state index contributed by atoms with van der Waals surface area (Å²) >= 11 is 0. The molecular formula is C76H142O6. The zero-order chi connectivity index (χ0) is 59.2. The van der Waals surface area contributed by atoms with E-state index in [9.17, 15) is 14.4 Å². The minimum atomic E-state index is -0.774. The predicted octanol–water partition coefficient (Wildman–Crippen LogP) is 25.5. The lowest BCUT2D eigenvalue weighted by molar-refractivity contribution is -0.167. The van der Waals surface area contributed by atoms with Crippen molar-refractivity contribution in [2.75, 3.05) is 13.2 Å². The van der Waals surface area contributed by atoms with Crippen molar-refractivity contribution in [1.82, 2.24) is 0 Å². The Labute approximate surface area is 512 Å². The number of allylic oxidation sites excluding steroid dienone is 6. The van der Waals surface area contributed by atoms with Gasteiger partial charge < -0.3 is 14.2 Å². The maximum atomic E-state index is 12.9. The zero-order valence-corrected chi connectivity index (χ0v) is 55.5. The first-order valence-electron chi connectivity index (χ1n) is 37.0. The molecule has 0 saturated heterocycles. The number of carbonyl (C=O) groups excluding carboxylic acids is 3. The fourth-order valence-electron chi connectivity index (χ4n) is 11.3. The summed E-state index contributed by atoms with van der Waals surface area (Å²) in [6, 6.07) is 0. The second kappa shape index (κ2) is 71.1. The van der Waals surface area contributed by atoms with E-state index in [1.807, 2.05) is 0 Å². The third-order valence-electron chi connectivity index (χ3n) is 16.9. The van der Waals surface area contributed by atoms with Crippen LogP contribution in [0.25, 0.3) is 0 Å². The van der Waals surface area contributed by atoms with Crippen LogP contribution in [0.4, 0.5) is 0 Å². The Morgan fingerprint density at radius 1 is 0.244 bits per heavy atom. The molecule has 0 aromatic rings. The Hall–Kier alpha value is -2.37. The van der Waals surface area contributed by atoms with Crippen LogP contribution in [-0.2, 0) is 28.6 Å². The summed E-state index contributed by atoms with van der Waals surface area (Å²) < 4.78 is 17.0. The fraction of sp³-hybridized carbons (Fsp3) is 0.882. The van der Waals surface area contributed by atoms with Crippen LogP contribution in [0, 0.1) is 0 Å². The minimum absolute atomic E-state index is 0.0695. The van der Waals surface area contributed by atoms with Gasteiger partial charge in [0.25, 0.3) is 0 Å². The van der Waals surface area contributed by atoms with Gasteiger partial charge in [-0.2, -0.15) is 0 Å². The number of hydrogen-bond acceptors (Lipinski definition) is 6. The molecule has 0 fully saturated rings. The number of ether oxygens (including phenoxy) is 3.